The van der Waals surface area contributed by atoms with Crippen molar-refractivity contribution in [3.8, 4) is 11.5 Å². The lowest BCUT2D eigenvalue weighted by Gasteiger charge is -2.24. The number of carbonyl (C=O) groups is 2. The third-order valence-electron chi connectivity index (χ3n) is 7.19. The Morgan fingerprint density at radius 1 is 0.738 bits per heavy atom. The van der Waals surface area contributed by atoms with E-state index >= 15 is 0 Å². The molecule has 0 aliphatic carbocycles. The number of hydrogen-bond donors (Lipinski definition) is 3. The number of phenols is 2. The maximum atomic E-state index is 12.9. The van der Waals surface area contributed by atoms with Crippen molar-refractivity contribution in [1.82, 2.24) is 0 Å². The van der Waals surface area contributed by atoms with Gasteiger partial charge < -0.3 is 29.5 Å². The molecular formula is C34H50O8. The zero-order valence-electron chi connectivity index (χ0n) is 26.8. The third kappa shape index (κ3) is 9.73. The van der Waals surface area contributed by atoms with Crippen LogP contribution in [0.3, 0.4) is 0 Å². The van der Waals surface area contributed by atoms with Crippen molar-refractivity contribution in [3.05, 3.63) is 57.6 Å². The minimum absolute atomic E-state index is 0.0257. The second-order valence-corrected chi connectivity index (χ2v) is 13.0. The number of carbonyl (C=O) groups excluding carboxylic acids is 2. The summed E-state index contributed by atoms with van der Waals surface area (Å²) in [4.78, 5) is 25.8. The monoisotopic (exact) mass is 586 g/mol. The smallest absolute Gasteiger partial charge is 0.335 e. The molecule has 3 N–H and O–H groups in total. The average molecular weight is 587 g/mol. The van der Waals surface area contributed by atoms with Gasteiger partial charge in [-0.2, -0.15) is 0 Å². The van der Waals surface area contributed by atoms with Gasteiger partial charge in [0, 0.05) is 19.6 Å². The van der Waals surface area contributed by atoms with Crippen molar-refractivity contribution in [2.75, 3.05) is 26.4 Å². The van der Waals surface area contributed by atoms with E-state index in [0.717, 1.165) is 33.4 Å². The van der Waals surface area contributed by atoms with Gasteiger partial charge in [-0.15, -0.1) is 0 Å². The van der Waals surface area contributed by atoms with Crippen molar-refractivity contribution < 1.29 is 39.1 Å². The van der Waals surface area contributed by atoms with Gasteiger partial charge in [0.2, 0.25) is 0 Å². The molecule has 1 aliphatic rings. The molecule has 1 fully saturated rings. The summed E-state index contributed by atoms with van der Waals surface area (Å²) in [5.74, 6) is -0.803. The Bertz CT molecular complexity index is 1130. The van der Waals surface area contributed by atoms with Crippen LogP contribution in [0.4, 0.5) is 0 Å². The normalized spacial score (nSPS) is 18.7. The van der Waals surface area contributed by atoms with Gasteiger partial charge in [-0.3, -0.25) is 4.79 Å². The molecule has 1 aliphatic heterocycles. The van der Waals surface area contributed by atoms with Crippen molar-refractivity contribution in [2.24, 2.45) is 5.92 Å². The standard InChI is InChI=1S/C32H44O7.C2H6O/c1-19-13-21(16-24(27(19)33)31(3,4)5)15-23-9-10-37-26(30(36)39-12-11-38-29(23)35)18-22-14-20(2)28(34)25(17-22)32(6,7)8;1-2-3/h13-14,16-17,23,26,33-34H,9-12,15,18H2,1-8H3;3H,2H2,1H3. The number of aliphatic hydroxyl groups is 1. The molecule has 2 atom stereocenters. The SMILES string of the molecule is CCO.Cc1cc(CC2CCOC(Cc3cc(C)c(O)c(C(C)(C)C)c3)C(=O)OCCOC2=O)cc(C(C)(C)C)c1O. The Morgan fingerprint density at radius 2 is 1.17 bits per heavy atom. The number of esters is 2. The van der Waals surface area contributed by atoms with E-state index in [-0.39, 0.29) is 61.1 Å². The minimum Gasteiger partial charge on any atom is -0.507 e. The van der Waals surface area contributed by atoms with Gasteiger partial charge in [0.25, 0.3) is 0 Å². The predicted molar refractivity (Wildman–Crippen MR) is 163 cm³/mol. The summed E-state index contributed by atoms with van der Waals surface area (Å²) in [5.41, 5.74) is 4.40. The molecule has 234 valence electrons. The number of aliphatic hydroxyl groups excluding tert-OH is 1. The van der Waals surface area contributed by atoms with E-state index in [9.17, 15) is 19.8 Å². The average Bonchev–Trinajstić information content (AvgIpc) is 2.90. The van der Waals surface area contributed by atoms with Crippen molar-refractivity contribution in [1.29, 1.82) is 0 Å². The molecule has 0 aromatic heterocycles. The zero-order valence-corrected chi connectivity index (χ0v) is 26.8. The summed E-state index contributed by atoms with van der Waals surface area (Å²) in [5, 5.41) is 28.7. The number of aryl methyl sites for hydroxylation is 2. The van der Waals surface area contributed by atoms with E-state index in [1.54, 1.807) is 6.92 Å². The molecule has 42 heavy (non-hydrogen) atoms. The van der Waals surface area contributed by atoms with Gasteiger partial charge in [0.05, 0.1) is 5.92 Å². The van der Waals surface area contributed by atoms with E-state index in [1.165, 1.54) is 0 Å². The summed E-state index contributed by atoms with van der Waals surface area (Å²) in [7, 11) is 0. The highest BCUT2D eigenvalue weighted by Gasteiger charge is 2.29. The fraction of sp³-hybridized carbons (Fsp3) is 0.588. The van der Waals surface area contributed by atoms with Gasteiger partial charge in [0.15, 0.2) is 6.10 Å². The van der Waals surface area contributed by atoms with Crippen LogP contribution >= 0.6 is 0 Å². The molecule has 0 spiro atoms. The van der Waals surface area contributed by atoms with Crippen LogP contribution in [0.5, 0.6) is 11.5 Å². The largest absolute Gasteiger partial charge is 0.507 e. The molecule has 0 bridgehead atoms. The molecule has 8 heteroatoms. The first kappa shape index (κ1) is 35.1. The van der Waals surface area contributed by atoms with Gasteiger partial charge in [0.1, 0.15) is 24.7 Å². The van der Waals surface area contributed by atoms with E-state index in [4.69, 9.17) is 19.3 Å². The molecule has 1 heterocycles. The third-order valence-corrected chi connectivity index (χ3v) is 7.19. The van der Waals surface area contributed by atoms with Crippen LogP contribution in [0.25, 0.3) is 0 Å². The van der Waals surface area contributed by atoms with Crippen LogP contribution in [0.15, 0.2) is 24.3 Å². The molecule has 0 saturated carbocycles. The summed E-state index contributed by atoms with van der Waals surface area (Å²) in [6.07, 6.45) is 0.237. The fourth-order valence-electron chi connectivity index (χ4n) is 4.95. The number of phenolic OH excluding ortho intramolecular Hbond substituents is 2. The molecule has 2 unspecified atom stereocenters. The molecule has 0 amide bonds. The van der Waals surface area contributed by atoms with E-state index in [1.807, 2.05) is 79.7 Å². The van der Waals surface area contributed by atoms with Crippen LogP contribution in [0.2, 0.25) is 0 Å². The van der Waals surface area contributed by atoms with Gasteiger partial charge in [-0.1, -0.05) is 65.8 Å². The Balaban J connectivity index is 0.00000197. The van der Waals surface area contributed by atoms with E-state index in [2.05, 4.69) is 0 Å². The second kappa shape index (κ2) is 14.9. The highest BCUT2D eigenvalue weighted by Crippen LogP contribution is 2.36. The quantitative estimate of drug-likeness (QED) is 0.397. The Hall–Kier alpha value is -3.10. The first-order valence-electron chi connectivity index (χ1n) is 14.7. The van der Waals surface area contributed by atoms with Crippen molar-refractivity contribution >= 4 is 11.9 Å². The van der Waals surface area contributed by atoms with Crippen LogP contribution in [-0.4, -0.2) is 59.8 Å². The van der Waals surface area contributed by atoms with Gasteiger partial charge in [-0.05, 0) is 77.8 Å². The fourth-order valence-corrected chi connectivity index (χ4v) is 4.95. The minimum atomic E-state index is -0.848. The van der Waals surface area contributed by atoms with Crippen molar-refractivity contribution in [2.45, 2.75) is 98.5 Å². The molecule has 2 aromatic rings. The van der Waals surface area contributed by atoms with Gasteiger partial charge >= 0.3 is 11.9 Å². The molecule has 8 nitrogen and oxygen atoms in total. The number of aromatic hydroxyl groups is 2. The van der Waals surface area contributed by atoms with Crippen LogP contribution in [0.1, 0.15) is 88.3 Å². The Kier molecular flexibility index (Phi) is 12.4. The number of hydrogen-bond acceptors (Lipinski definition) is 8. The highest BCUT2D eigenvalue weighted by atomic mass is 16.6. The summed E-state index contributed by atoms with van der Waals surface area (Å²) < 4.78 is 16.9. The maximum Gasteiger partial charge on any atom is 0.335 e. The maximum absolute atomic E-state index is 12.9. The summed E-state index contributed by atoms with van der Waals surface area (Å²) in [6.45, 7) is 17.9. The highest BCUT2D eigenvalue weighted by molar-refractivity contribution is 5.75. The lowest BCUT2D eigenvalue weighted by atomic mass is 9.83. The Morgan fingerprint density at radius 3 is 1.62 bits per heavy atom. The summed E-state index contributed by atoms with van der Waals surface area (Å²) >= 11 is 0. The number of rotatable bonds is 4. The zero-order chi connectivity index (χ0) is 31.8. The first-order chi connectivity index (χ1) is 19.5. The Labute approximate surface area is 251 Å². The van der Waals surface area contributed by atoms with Crippen LogP contribution < -0.4 is 0 Å². The number of cyclic esters (lactones) is 2. The van der Waals surface area contributed by atoms with Crippen LogP contribution in [0, 0.1) is 19.8 Å². The molecule has 1 saturated heterocycles. The lowest BCUT2D eigenvalue weighted by molar-refractivity contribution is -0.160. The van der Waals surface area contributed by atoms with Gasteiger partial charge in [-0.25, -0.2) is 4.79 Å². The van der Waals surface area contributed by atoms with Crippen LogP contribution in [-0.2, 0) is 47.5 Å². The van der Waals surface area contributed by atoms with Crippen molar-refractivity contribution in [3.63, 3.8) is 0 Å². The predicted octanol–water partition coefficient (Wildman–Crippen LogP) is 5.58. The topological polar surface area (TPSA) is 123 Å². The number of benzene rings is 2. The summed E-state index contributed by atoms with van der Waals surface area (Å²) in [6, 6.07) is 7.64. The second-order valence-electron chi connectivity index (χ2n) is 13.0. The van der Waals surface area contributed by atoms with E-state index in [0.29, 0.717) is 12.8 Å². The van der Waals surface area contributed by atoms with E-state index < -0.39 is 18.0 Å². The molecular weight excluding hydrogens is 536 g/mol. The molecule has 3 rings (SSSR count). The molecule has 2 aromatic carbocycles. The number of ether oxygens (including phenoxy) is 3. The first-order valence-corrected chi connectivity index (χ1v) is 14.7. The molecule has 0 radical (unpaired) electrons. The lowest BCUT2D eigenvalue weighted by Crippen LogP contribution is -2.30.